The SMILES string of the molecule is C=CCOc1ccc(C(=O)Nc2cccc(N3CCOCC3)c2)cc1OC. The third-order valence-corrected chi connectivity index (χ3v) is 4.26. The Labute approximate surface area is 159 Å². The maximum absolute atomic E-state index is 12.6. The minimum absolute atomic E-state index is 0.206. The van der Waals surface area contributed by atoms with Crippen LogP contribution in [0.1, 0.15) is 10.4 Å². The minimum Gasteiger partial charge on any atom is -0.493 e. The predicted octanol–water partition coefficient (Wildman–Crippen LogP) is 3.35. The highest BCUT2D eigenvalue weighted by Gasteiger charge is 2.14. The molecule has 0 spiro atoms. The van der Waals surface area contributed by atoms with Gasteiger partial charge in [0.15, 0.2) is 11.5 Å². The average molecular weight is 368 g/mol. The molecule has 6 nitrogen and oxygen atoms in total. The van der Waals surface area contributed by atoms with Crippen LogP contribution in [0.5, 0.6) is 11.5 Å². The monoisotopic (exact) mass is 368 g/mol. The molecule has 1 fully saturated rings. The first-order valence-corrected chi connectivity index (χ1v) is 8.87. The first-order valence-electron chi connectivity index (χ1n) is 8.87. The van der Waals surface area contributed by atoms with Crippen molar-refractivity contribution in [3.8, 4) is 11.5 Å². The van der Waals surface area contributed by atoms with Crippen molar-refractivity contribution in [1.29, 1.82) is 0 Å². The molecule has 2 aromatic carbocycles. The second-order valence-electron chi connectivity index (χ2n) is 6.07. The second-order valence-corrected chi connectivity index (χ2v) is 6.07. The van der Waals surface area contributed by atoms with Crippen molar-refractivity contribution in [1.82, 2.24) is 0 Å². The van der Waals surface area contributed by atoms with E-state index in [2.05, 4.69) is 16.8 Å². The number of anilines is 2. The van der Waals surface area contributed by atoms with Gasteiger partial charge in [0.25, 0.3) is 5.91 Å². The normalized spacial score (nSPS) is 13.7. The molecular formula is C21H24N2O4. The molecule has 0 bridgehead atoms. The van der Waals surface area contributed by atoms with E-state index in [0.29, 0.717) is 23.7 Å². The summed E-state index contributed by atoms with van der Waals surface area (Å²) in [5.41, 5.74) is 2.31. The summed E-state index contributed by atoms with van der Waals surface area (Å²) in [5.74, 6) is 0.873. The molecule has 1 amide bonds. The number of morpholine rings is 1. The van der Waals surface area contributed by atoms with Gasteiger partial charge in [-0.1, -0.05) is 18.7 Å². The Hall–Kier alpha value is -2.99. The smallest absolute Gasteiger partial charge is 0.255 e. The fourth-order valence-electron chi connectivity index (χ4n) is 2.88. The fourth-order valence-corrected chi connectivity index (χ4v) is 2.88. The molecule has 0 radical (unpaired) electrons. The fraction of sp³-hybridized carbons (Fsp3) is 0.286. The number of amides is 1. The lowest BCUT2D eigenvalue weighted by molar-refractivity contribution is 0.102. The van der Waals surface area contributed by atoms with Gasteiger partial charge in [-0.15, -0.1) is 0 Å². The number of nitrogens with zero attached hydrogens (tertiary/aromatic N) is 1. The lowest BCUT2D eigenvalue weighted by Gasteiger charge is -2.29. The number of hydrogen-bond acceptors (Lipinski definition) is 5. The van der Waals surface area contributed by atoms with Crippen LogP contribution >= 0.6 is 0 Å². The Morgan fingerprint density at radius 2 is 2.04 bits per heavy atom. The number of carbonyl (C=O) groups is 1. The van der Waals surface area contributed by atoms with Crippen LogP contribution in [0.3, 0.4) is 0 Å². The molecule has 0 aliphatic carbocycles. The van der Waals surface area contributed by atoms with Gasteiger partial charge in [-0.2, -0.15) is 0 Å². The van der Waals surface area contributed by atoms with Gasteiger partial charge >= 0.3 is 0 Å². The van der Waals surface area contributed by atoms with Crippen molar-refractivity contribution in [3.63, 3.8) is 0 Å². The molecule has 2 aromatic rings. The van der Waals surface area contributed by atoms with Crippen molar-refractivity contribution in [2.24, 2.45) is 0 Å². The van der Waals surface area contributed by atoms with Gasteiger partial charge in [-0.25, -0.2) is 0 Å². The van der Waals surface area contributed by atoms with Crippen LogP contribution in [-0.2, 0) is 4.74 Å². The van der Waals surface area contributed by atoms with Crippen molar-refractivity contribution < 1.29 is 19.0 Å². The van der Waals surface area contributed by atoms with E-state index in [-0.39, 0.29) is 5.91 Å². The van der Waals surface area contributed by atoms with E-state index in [4.69, 9.17) is 14.2 Å². The zero-order valence-corrected chi connectivity index (χ0v) is 15.4. The van der Waals surface area contributed by atoms with E-state index in [1.165, 1.54) is 0 Å². The maximum atomic E-state index is 12.6. The van der Waals surface area contributed by atoms with Crippen molar-refractivity contribution in [3.05, 3.63) is 60.7 Å². The summed E-state index contributed by atoms with van der Waals surface area (Å²) in [7, 11) is 1.55. The van der Waals surface area contributed by atoms with Crippen LogP contribution in [-0.4, -0.2) is 45.9 Å². The largest absolute Gasteiger partial charge is 0.493 e. The lowest BCUT2D eigenvalue weighted by atomic mass is 10.1. The molecule has 1 N–H and O–H groups in total. The van der Waals surface area contributed by atoms with Gasteiger partial charge in [0, 0.05) is 30.0 Å². The molecule has 27 heavy (non-hydrogen) atoms. The predicted molar refractivity (Wildman–Crippen MR) is 106 cm³/mol. The summed E-state index contributed by atoms with van der Waals surface area (Å²) in [6.07, 6.45) is 1.65. The Balaban J connectivity index is 1.72. The minimum atomic E-state index is -0.206. The number of nitrogens with one attached hydrogen (secondary N) is 1. The van der Waals surface area contributed by atoms with Gasteiger partial charge in [-0.3, -0.25) is 4.79 Å². The highest BCUT2D eigenvalue weighted by atomic mass is 16.5. The van der Waals surface area contributed by atoms with E-state index in [9.17, 15) is 4.79 Å². The lowest BCUT2D eigenvalue weighted by Crippen LogP contribution is -2.36. The molecule has 0 aromatic heterocycles. The Morgan fingerprint density at radius 3 is 2.78 bits per heavy atom. The molecule has 6 heteroatoms. The number of methoxy groups -OCH3 is 1. The standard InChI is InChI=1S/C21H24N2O4/c1-3-11-27-19-8-7-16(14-20(19)25-2)21(24)22-17-5-4-6-18(15-17)23-9-12-26-13-10-23/h3-8,14-15H,1,9-13H2,2H3,(H,22,24). The van der Waals surface area contributed by atoms with Crippen molar-refractivity contribution in [2.75, 3.05) is 50.2 Å². The number of rotatable bonds is 7. The molecule has 1 saturated heterocycles. The van der Waals surface area contributed by atoms with E-state index in [1.807, 2.05) is 24.3 Å². The summed E-state index contributed by atoms with van der Waals surface area (Å²) in [4.78, 5) is 14.9. The van der Waals surface area contributed by atoms with Gasteiger partial charge in [0.05, 0.1) is 20.3 Å². The van der Waals surface area contributed by atoms with Crippen molar-refractivity contribution in [2.45, 2.75) is 0 Å². The highest BCUT2D eigenvalue weighted by Crippen LogP contribution is 2.29. The van der Waals surface area contributed by atoms with Crippen LogP contribution in [0.25, 0.3) is 0 Å². The first-order chi connectivity index (χ1) is 13.2. The van der Waals surface area contributed by atoms with Crippen molar-refractivity contribution >= 4 is 17.3 Å². The molecule has 1 heterocycles. The number of hydrogen-bond donors (Lipinski definition) is 1. The summed E-state index contributed by atoms with van der Waals surface area (Å²) in [6.45, 7) is 7.13. The number of benzene rings is 2. The number of ether oxygens (including phenoxy) is 3. The molecule has 1 aliphatic heterocycles. The summed E-state index contributed by atoms with van der Waals surface area (Å²) < 4.78 is 16.2. The van der Waals surface area contributed by atoms with Crippen LogP contribution in [0.4, 0.5) is 11.4 Å². The topological polar surface area (TPSA) is 60.0 Å². The van der Waals surface area contributed by atoms with Gasteiger partial charge in [0.2, 0.25) is 0 Å². The Bertz CT molecular complexity index is 801. The van der Waals surface area contributed by atoms with Crippen LogP contribution < -0.4 is 19.7 Å². The Morgan fingerprint density at radius 1 is 1.22 bits per heavy atom. The third-order valence-electron chi connectivity index (χ3n) is 4.26. The van der Waals surface area contributed by atoms with Crippen LogP contribution in [0.2, 0.25) is 0 Å². The summed E-state index contributed by atoms with van der Waals surface area (Å²) >= 11 is 0. The van der Waals surface area contributed by atoms with Crippen LogP contribution in [0, 0.1) is 0 Å². The van der Waals surface area contributed by atoms with E-state index >= 15 is 0 Å². The highest BCUT2D eigenvalue weighted by molar-refractivity contribution is 6.04. The number of carbonyl (C=O) groups excluding carboxylic acids is 1. The quantitative estimate of drug-likeness (QED) is 0.760. The van der Waals surface area contributed by atoms with Crippen LogP contribution in [0.15, 0.2) is 55.1 Å². The Kier molecular flexibility index (Phi) is 6.33. The molecule has 1 aliphatic rings. The van der Waals surface area contributed by atoms with Gasteiger partial charge in [-0.05, 0) is 36.4 Å². The van der Waals surface area contributed by atoms with E-state index in [0.717, 1.165) is 37.7 Å². The maximum Gasteiger partial charge on any atom is 0.255 e. The van der Waals surface area contributed by atoms with E-state index in [1.54, 1.807) is 31.4 Å². The molecular weight excluding hydrogens is 344 g/mol. The zero-order valence-electron chi connectivity index (χ0n) is 15.4. The molecule has 0 saturated carbocycles. The third kappa shape index (κ3) is 4.80. The van der Waals surface area contributed by atoms with Gasteiger partial charge in [0.1, 0.15) is 6.61 Å². The molecule has 3 rings (SSSR count). The van der Waals surface area contributed by atoms with E-state index < -0.39 is 0 Å². The average Bonchev–Trinajstić information content (AvgIpc) is 2.73. The molecule has 0 atom stereocenters. The summed E-state index contributed by atoms with van der Waals surface area (Å²) in [6, 6.07) is 12.9. The summed E-state index contributed by atoms with van der Waals surface area (Å²) in [5, 5.41) is 2.94. The zero-order chi connectivity index (χ0) is 19.1. The van der Waals surface area contributed by atoms with Gasteiger partial charge < -0.3 is 24.4 Å². The molecule has 0 unspecified atom stereocenters. The molecule has 142 valence electrons. The first kappa shape index (κ1) is 18.8. The second kappa shape index (κ2) is 9.09.